The van der Waals surface area contributed by atoms with Gasteiger partial charge in [0, 0.05) is 22.5 Å². The van der Waals surface area contributed by atoms with Crippen LogP contribution in [0.5, 0.6) is 0 Å². The van der Waals surface area contributed by atoms with Crippen LogP contribution in [-0.4, -0.2) is 4.74 Å². The van der Waals surface area contributed by atoms with Crippen molar-refractivity contribution >= 4 is 16.5 Å². The van der Waals surface area contributed by atoms with Crippen LogP contribution in [0.3, 0.4) is 0 Å². The third-order valence-corrected chi connectivity index (χ3v) is 2.92. The molecule has 2 N–H and O–H groups in total. The average molecular weight is 240 g/mol. The third-order valence-electron chi connectivity index (χ3n) is 2.92. The molecule has 4 nitrogen and oxygen atoms in total. The minimum Gasteiger partial charge on any atom is -0.398 e. The first-order valence-electron chi connectivity index (χ1n) is 5.64. The molecule has 0 aliphatic heterocycles. The van der Waals surface area contributed by atoms with Crippen molar-refractivity contribution in [1.29, 1.82) is 0 Å². The molecule has 3 aromatic rings. The van der Waals surface area contributed by atoms with Gasteiger partial charge in [-0.15, -0.1) is 4.74 Å². The lowest BCUT2D eigenvalue weighted by atomic mass is 10.1. The quantitative estimate of drug-likeness (QED) is 0.665. The standard InChI is InChI=1S/C14H12N2O2/c1-9-8-14(17)16(18-9)13-7-6-12(15)10-4-2-3-5-11(10)13/h2-8H,15H2,1H3. The lowest BCUT2D eigenvalue weighted by molar-refractivity contribution is 0.323. The largest absolute Gasteiger partial charge is 0.398 e. The molecule has 0 atom stereocenters. The van der Waals surface area contributed by atoms with Crippen molar-refractivity contribution in [3.8, 4) is 5.69 Å². The highest BCUT2D eigenvalue weighted by molar-refractivity contribution is 5.98. The van der Waals surface area contributed by atoms with Crippen molar-refractivity contribution in [2.75, 3.05) is 5.73 Å². The molecule has 90 valence electrons. The van der Waals surface area contributed by atoms with E-state index in [0.717, 1.165) is 10.8 Å². The average Bonchev–Trinajstić information content (AvgIpc) is 2.69. The fourth-order valence-corrected chi connectivity index (χ4v) is 2.10. The van der Waals surface area contributed by atoms with Gasteiger partial charge in [-0.25, -0.2) is 0 Å². The van der Waals surface area contributed by atoms with Crippen LogP contribution >= 0.6 is 0 Å². The molecule has 0 saturated carbocycles. The molecule has 0 bridgehead atoms. The van der Waals surface area contributed by atoms with Gasteiger partial charge in [-0.1, -0.05) is 24.3 Å². The van der Waals surface area contributed by atoms with E-state index >= 15 is 0 Å². The first-order chi connectivity index (χ1) is 8.66. The van der Waals surface area contributed by atoms with Crippen molar-refractivity contribution in [3.05, 3.63) is 58.6 Å². The van der Waals surface area contributed by atoms with Crippen LogP contribution in [0.1, 0.15) is 5.76 Å². The van der Waals surface area contributed by atoms with Crippen molar-refractivity contribution in [3.63, 3.8) is 0 Å². The first kappa shape index (κ1) is 10.7. The maximum atomic E-state index is 11.8. The number of nitrogens with two attached hydrogens (primary N) is 1. The molecule has 0 aliphatic rings. The number of nitrogens with zero attached hydrogens (tertiary/aromatic N) is 1. The number of aryl methyl sites for hydroxylation is 1. The van der Waals surface area contributed by atoms with E-state index in [2.05, 4.69) is 0 Å². The number of anilines is 1. The Morgan fingerprint density at radius 3 is 2.50 bits per heavy atom. The number of hydrogen-bond donors (Lipinski definition) is 1. The van der Waals surface area contributed by atoms with Crippen molar-refractivity contribution in [2.45, 2.75) is 6.92 Å². The zero-order chi connectivity index (χ0) is 12.7. The molecule has 0 aliphatic carbocycles. The molecule has 3 rings (SSSR count). The van der Waals surface area contributed by atoms with Gasteiger partial charge in [-0.05, 0) is 19.1 Å². The second-order valence-corrected chi connectivity index (χ2v) is 4.20. The Balaban J connectivity index is 2.40. The van der Waals surface area contributed by atoms with Gasteiger partial charge in [0.05, 0.1) is 5.69 Å². The van der Waals surface area contributed by atoms with Gasteiger partial charge in [0.25, 0.3) is 5.56 Å². The van der Waals surface area contributed by atoms with Gasteiger partial charge in [0.15, 0.2) is 0 Å². The maximum Gasteiger partial charge on any atom is 0.287 e. The lowest BCUT2D eigenvalue weighted by Crippen LogP contribution is -2.11. The van der Waals surface area contributed by atoms with Crippen LogP contribution in [0.2, 0.25) is 0 Å². The summed E-state index contributed by atoms with van der Waals surface area (Å²) in [4.78, 5) is 11.8. The highest BCUT2D eigenvalue weighted by Gasteiger charge is 2.10. The van der Waals surface area contributed by atoms with E-state index in [9.17, 15) is 4.79 Å². The van der Waals surface area contributed by atoms with Crippen LogP contribution in [0, 0.1) is 6.92 Å². The van der Waals surface area contributed by atoms with Gasteiger partial charge in [-0.2, -0.15) is 0 Å². The second kappa shape index (κ2) is 3.77. The maximum absolute atomic E-state index is 11.8. The molecule has 2 aromatic carbocycles. The Morgan fingerprint density at radius 2 is 1.83 bits per heavy atom. The van der Waals surface area contributed by atoms with Gasteiger partial charge in [0.2, 0.25) is 0 Å². The second-order valence-electron chi connectivity index (χ2n) is 4.20. The third kappa shape index (κ3) is 1.50. The van der Waals surface area contributed by atoms with E-state index < -0.39 is 0 Å². The number of hydrogen-bond acceptors (Lipinski definition) is 3. The molecular formula is C14H12N2O2. The minimum atomic E-state index is -0.178. The van der Waals surface area contributed by atoms with Crippen LogP contribution in [0.25, 0.3) is 16.5 Å². The summed E-state index contributed by atoms with van der Waals surface area (Å²) in [7, 11) is 0. The summed E-state index contributed by atoms with van der Waals surface area (Å²) in [6.45, 7) is 1.75. The summed E-state index contributed by atoms with van der Waals surface area (Å²) in [6.07, 6.45) is 0. The van der Waals surface area contributed by atoms with Crippen molar-refractivity contribution in [2.24, 2.45) is 0 Å². The molecule has 0 fully saturated rings. The van der Waals surface area contributed by atoms with E-state index in [1.54, 1.807) is 19.1 Å². The Labute approximate surface area is 103 Å². The van der Waals surface area contributed by atoms with Crippen molar-refractivity contribution in [1.82, 2.24) is 4.74 Å². The summed E-state index contributed by atoms with van der Waals surface area (Å²) in [6, 6.07) is 12.7. The predicted molar refractivity (Wildman–Crippen MR) is 71.0 cm³/mol. The highest BCUT2D eigenvalue weighted by atomic mass is 16.5. The fraction of sp³-hybridized carbons (Fsp3) is 0.0714. The van der Waals surface area contributed by atoms with E-state index in [1.165, 1.54) is 10.8 Å². The highest BCUT2D eigenvalue weighted by Crippen LogP contribution is 2.26. The van der Waals surface area contributed by atoms with E-state index in [4.69, 9.17) is 10.3 Å². The number of aromatic nitrogens is 1. The van der Waals surface area contributed by atoms with E-state index in [-0.39, 0.29) is 5.56 Å². The number of nitrogen functional groups attached to an aromatic ring is 1. The molecule has 18 heavy (non-hydrogen) atoms. The summed E-state index contributed by atoms with van der Waals surface area (Å²) in [5, 5.41) is 1.81. The molecule has 0 saturated heterocycles. The Morgan fingerprint density at radius 1 is 1.11 bits per heavy atom. The van der Waals surface area contributed by atoms with Crippen LogP contribution in [0.4, 0.5) is 5.69 Å². The Kier molecular flexibility index (Phi) is 2.23. The first-order valence-corrected chi connectivity index (χ1v) is 5.64. The SMILES string of the molecule is Cc1cc(=O)n(-c2ccc(N)c3ccccc23)o1. The molecule has 0 unspecified atom stereocenters. The molecule has 4 heteroatoms. The smallest absolute Gasteiger partial charge is 0.287 e. The fourth-order valence-electron chi connectivity index (χ4n) is 2.10. The van der Waals surface area contributed by atoms with Crippen LogP contribution < -0.4 is 11.3 Å². The summed E-state index contributed by atoms with van der Waals surface area (Å²) in [5.74, 6) is 0.584. The molecule has 0 spiro atoms. The predicted octanol–water partition coefficient (Wildman–Crippen LogP) is 2.47. The zero-order valence-corrected chi connectivity index (χ0v) is 9.88. The number of benzene rings is 2. The van der Waals surface area contributed by atoms with Gasteiger partial charge in [0.1, 0.15) is 5.76 Å². The van der Waals surface area contributed by atoms with Crippen LogP contribution in [0.15, 0.2) is 51.8 Å². The van der Waals surface area contributed by atoms with E-state index in [0.29, 0.717) is 17.1 Å². The summed E-state index contributed by atoms with van der Waals surface area (Å²) >= 11 is 0. The van der Waals surface area contributed by atoms with Crippen molar-refractivity contribution < 1.29 is 4.52 Å². The summed E-state index contributed by atoms with van der Waals surface area (Å²) < 4.78 is 6.70. The van der Waals surface area contributed by atoms with Crippen LogP contribution in [-0.2, 0) is 0 Å². The molecule has 1 aromatic heterocycles. The van der Waals surface area contributed by atoms with E-state index in [1.807, 2.05) is 24.3 Å². The number of fused-ring (bicyclic) bond motifs is 1. The lowest BCUT2D eigenvalue weighted by Gasteiger charge is -2.07. The normalized spacial score (nSPS) is 10.9. The zero-order valence-electron chi connectivity index (χ0n) is 9.88. The van der Waals surface area contributed by atoms with Gasteiger partial charge >= 0.3 is 0 Å². The van der Waals surface area contributed by atoms with Gasteiger partial charge < -0.3 is 10.3 Å². The summed E-state index contributed by atoms with van der Waals surface area (Å²) in [5.41, 5.74) is 7.14. The molecule has 1 heterocycles. The number of rotatable bonds is 1. The minimum absolute atomic E-state index is 0.178. The molecule has 0 amide bonds. The molecule has 0 radical (unpaired) electrons. The monoisotopic (exact) mass is 240 g/mol. The van der Waals surface area contributed by atoms with Gasteiger partial charge in [-0.3, -0.25) is 4.79 Å². The Bertz CT molecular complexity index is 784. The molecular weight excluding hydrogens is 228 g/mol. The Hall–Kier alpha value is -2.49. The topological polar surface area (TPSA) is 61.2 Å².